The Balaban J connectivity index is 2.10. The Hall–Kier alpha value is -2.75. The number of fused-ring (bicyclic) bond motifs is 2. The van der Waals surface area contributed by atoms with Crippen LogP contribution in [0.25, 0.3) is 27.8 Å². The molecule has 0 spiro atoms. The molecule has 0 atom stereocenters. The highest BCUT2D eigenvalue weighted by molar-refractivity contribution is 6.35. The molecule has 5 nitrogen and oxygen atoms in total. The van der Waals surface area contributed by atoms with Crippen molar-refractivity contribution >= 4 is 28.2 Å². The standard InChI is InChI=1S/C16H9ClF5N5/c1-15(18,19)9-2-3-11-24-14(16(20,21)22)26-27(11)13(9)7-4-8-6-23-25-12(8)10(17)5-7/h2-6H,1H3,(H,23,25). The number of rotatable bonds is 2. The number of hydrogen-bond donors (Lipinski definition) is 1. The zero-order valence-electron chi connectivity index (χ0n) is 13.4. The number of alkyl halides is 5. The molecule has 0 amide bonds. The van der Waals surface area contributed by atoms with Gasteiger partial charge in [-0.3, -0.25) is 5.10 Å². The average Bonchev–Trinajstić information content (AvgIpc) is 3.18. The average molecular weight is 402 g/mol. The topological polar surface area (TPSA) is 58.9 Å². The Labute approximate surface area is 152 Å². The van der Waals surface area contributed by atoms with Gasteiger partial charge in [0.15, 0.2) is 5.65 Å². The van der Waals surface area contributed by atoms with Crippen LogP contribution >= 0.6 is 11.6 Å². The van der Waals surface area contributed by atoms with Crippen molar-refractivity contribution in [2.45, 2.75) is 19.0 Å². The molecule has 27 heavy (non-hydrogen) atoms. The van der Waals surface area contributed by atoms with Crippen LogP contribution in [0.2, 0.25) is 5.02 Å². The van der Waals surface area contributed by atoms with E-state index < -0.39 is 23.5 Å². The van der Waals surface area contributed by atoms with Crippen LogP contribution in [0, 0.1) is 0 Å². The van der Waals surface area contributed by atoms with Crippen LogP contribution < -0.4 is 0 Å². The smallest absolute Gasteiger partial charge is 0.276 e. The van der Waals surface area contributed by atoms with Crippen LogP contribution in [0.3, 0.4) is 0 Å². The van der Waals surface area contributed by atoms with E-state index in [0.717, 1.165) is 16.6 Å². The first-order chi connectivity index (χ1) is 12.6. The zero-order valence-corrected chi connectivity index (χ0v) is 14.2. The fourth-order valence-electron chi connectivity index (χ4n) is 2.85. The van der Waals surface area contributed by atoms with Crippen molar-refractivity contribution < 1.29 is 22.0 Å². The molecule has 3 aromatic heterocycles. The van der Waals surface area contributed by atoms with Gasteiger partial charge in [0.25, 0.3) is 11.7 Å². The van der Waals surface area contributed by atoms with E-state index in [1.807, 2.05) is 0 Å². The van der Waals surface area contributed by atoms with Gasteiger partial charge in [-0.2, -0.15) is 18.3 Å². The van der Waals surface area contributed by atoms with Crippen molar-refractivity contribution in [1.29, 1.82) is 0 Å². The summed E-state index contributed by atoms with van der Waals surface area (Å²) in [7, 11) is 0. The highest BCUT2D eigenvalue weighted by atomic mass is 35.5. The molecule has 4 aromatic rings. The molecule has 1 N–H and O–H groups in total. The lowest BCUT2D eigenvalue weighted by atomic mass is 10.0. The molecule has 3 heterocycles. The summed E-state index contributed by atoms with van der Waals surface area (Å²) in [5.74, 6) is -4.76. The highest BCUT2D eigenvalue weighted by Crippen LogP contribution is 2.39. The minimum atomic E-state index is -4.82. The maximum Gasteiger partial charge on any atom is 0.453 e. The van der Waals surface area contributed by atoms with Gasteiger partial charge in [-0.25, -0.2) is 18.3 Å². The van der Waals surface area contributed by atoms with Gasteiger partial charge in [-0.05, 0) is 24.3 Å². The molecule has 1 aromatic carbocycles. The minimum Gasteiger partial charge on any atom is -0.276 e. The molecular formula is C16H9ClF5N5. The van der Waals surface area contributed by atoms with Crippen LogP contribution in [0.15, 0.2) is 30.5 Å². The number of nitrogens with one attached hydrogen (secondary N) is 1. The van der Waals surface area contributed by atoms with Crippen LogP contribution in [-0.4, -0.2) is 24.8 Å². The second-order valence-electron chi connectivity index (χ2n) is 5.98. The van der Waals surface area contributed by atoms with Crippen LogP contribution in [0.4, 0.5) is 22.0 Å². The van der Waals surface area contributed by atoms with Crippen LogP contribution in [0.5, 0.6) is 0 Å². The van der Waals surface area contributed by atoms with E-state index in [4.69, 9.17) is 11.6 Å². The van der Waals surface area contributed by atoms with E-state index in [0.29, 0.717) is 17.8 Å². The van der Waals surface area contributed by atoms with Gasteiger partial charge in [0.2, 0.25) is 0 Å². The maximum absolute atomic E-state index is 14.2. The second kappa shape index (κ2) is 5.62. The van der Waals surface area contributed by atoms with Gasteiger partial charge < -0.3 is 0 Å². The molecular weight excluding hydrogens is 393 g/mol. The summed E-state index contributed by atoms with van der Waals surface area (Å²) in [5.41, 5.74) is -0.309. The number of benzene rings is 1. The largest absolute Gasteiger partial charge is 0.453 e. The zero-order chi connectivity index (χ0) is 19.6. The lowest BCUT2D eigenvalue weighted by Gasteiger charge is -2.17. The first-order valence-electron chi connectivity index (χ1n) is 7.54. The Kier molecular flexibility index (Phi) is 3.68. The Morgan fingerprint density at radius 1 is 1.11 bits per heavy atom. The number of pyridine rings is 1. The molecule has 0 unspecified atom stereocenters. The van der Waals surface area contributed by atoms with Crippen molar-refractivity contribution in [1.82, 2.24) is 24.8 Å². The normalized spacial score (nSPS) is 13.0. The Morgan fingerprint density at radius 3 is 2.52 bits per heavy atom. The lowest BCUT2D eigenvalue weighted by Crippen LogP contribution is -2.13. The molecule has 0 aliphatic carbocycles. The van der Waals surface area contributed by atoms with Crippen molar-refractivity contribution in [3.63, 3.8) is 0 Å². The van der Waals surface area contributed by atoms with Gasteiger partial charge in [-0.1, -0.05) is 11.6 Å². The number of hydrogen-bond acceptors (Lipinski definition) is 3. The van der Waals surface area contributed by atoms with E-state index in [2.05, 4.69) is 20.3 Å². The van der Waals surface area contributed by atoms with Gasteiger partial charge in [0, 0.05) is 23.4 Å². The summed E-state index contributed by atoms with van der Waals surface area (Å²) < 4.78 is 68.2. The molecule has 0 radical (unpaired) electrons. The molecule has 0 saturated heterocycles. The second-order valence-corrected chi connectivity index (χ2v) is 6.39. The third kappa shape index (κ3) is 2.89. The van der Waals surface area contributed by atoms with Gasteiger partial charge >= 0.3 is 6.18 Å². The van der Waals surface area contributed by atoms with Gasteiger partial charge in [0.05, 0.1) is 22.4 Å². The monoisotopic (exact) mass is 401 g/mol. The summed E-state index contributed by atoms with van der Waals surface area (Å²) >= 11 is 6.16. The van der Waals surface area contributed by atoms with Crippen LogP contribution in [0.1, 0.15) is 18.3 Å². The third-order valence-electron chi connectivity index (χ3n) is 4.00. The van der Waals surface area contributed by atoms with Gasteiger partial charge in [0.1, 0.15) is 0 Å². The van der Waals surface area contributed by atoms with Crippen LogP contribution in [-0.2, 0) is 12.1 Å². The number of H-pyrrole nitrogens is 1. The van der Waals surface area contributed by atoms with E-state index in [9.17, 15) is 22.0 Å². The highest BCUT2D eigenvalue weighted by Gasteiger charge is 2.38. The van der Waals surface area contributed by atoms with Crippen molar-refractivity contribution in [3.05, 3.63) is 46.9 Å². The predicted molar refractivity (Wildman–Crippen MR) is 87.7 cm³/mol. The first kappa shape index (κ1) is 17.7. The molecule has 0 saturated carbocycles. The van der Waals surface area contributed by atoms with E-state index in [-0.39, 0.29) is 21.9 Å². The molecule has 0 aliphatic rings. The first-order valence-corrected chi connectivity index (χ1v) is 7.92. The Bertz CT molecular complexity index is 1170. The number of aromatic nitrogens is 5. The van der Waals surface area contributed by atoms with E-state index in [1.165, 1.54) is 18.3 Å². The SMILES string of the molecule is CC(F)(F)c1ccc2nc(C(F)(F)F)nn2c1-c1cc(Cl)c2[nH]ncc2c1. The summed E-state index contributed by atoms with van der Waals surface area (Å²) in [6.45, 7) is 0.650. The molecule has 0 bridgehead atoms. The van der Waals surface area contributed by atoms with Crippen molar-refractivity contribution in [2.75, 3.05) is 0 Å². The molecule has 4 rings (SSSR count). The van der Waals surface area contributed by atoms with E-state index in [1.54, 1.807) is 0 Å². The molecule has 0 aliphatic heterocycles. The predicted octanol–water partition coefficient (Wildman–Crippen LogP) is 5.06. The fraction of sp³-hybridized carbons (Fsp3) is 0.188. The Morgan fingerprint density at radius 2 is 1.85 bits per heavy atom. The maximum atomic E-state index is 14.2. The number of nitrogens with zero attached hydrogens (tertiary/aromatic N) is 4. The number of halogens is 6. The quantitative estimate of drug-likeness (QED) is 0.478. The summed E-state index contributed by atoms with van der Waals surface area (Å²) in [6.07, 6.45) is -3.39. The molecule has 11 heteroatoms. The minimum absolute atomic E-state index is 0.162. The molecule has 140 valence electrons. The summed E-state index contributed by atoms with van der Waals surface area (Å²) in [4.78, 5) is 3.40. The van der Waals surface area contributed by atoms with Crippen molar-refractivity contribution in [3.8, 4) is 11.3 Å². The third-order valence-corrected chi connectivity index (χ3v) is 4.30. The molecule has 0 fully saturated rings. The fourth-order valence-corrected chi connectivity index (χ4v) is 3.12. The lowest BCUT2D eigenvalue weighted by molar-refractivity contribution is -0.144. The number of aromatic amines is 1. The van der Waals surface area contributed by atoms with Gasteiger partial charge in [-0.15, -0.1) is 5.10 Å². The van der Waals surface area contributed by atoms with E-state index >= 15 is 0 Å². The summed E-state index contributed by atoms with van der Waals surface area (Å²) in [6, 6.07) is 4.95. The van der Waals surface area contributed by atoms with Crippen molar-refractivity contribution in [2.24, 2.45) is 0 Å². The summed E-state index contributed by atoms with van der Waals surface area (Å²) in [5, 5.41) is 10.6.